The molecule has 0 amide bonds. The third-order valence-electron chi connectivity index (χ3n) is 3.52. The summed E-state index contributed by atoms with van der Waals surface area (Å²) in [7, 11) is -3.40. The number of nitrogen functional groups attached to an aromatic ring is 1. The Morgan fingerprint density at radius 3 is 2.15 bits per heavy atom. The summed E-state index contributed by atoms with van der Waals surface area (Å²) in [6, 6.07) is 0. The normalized spacial score (nSPS) is 17.5. The Kier molecular flexibility index (Phi) is 3.75. The lowest BCUT2D eigenvalue weighted by Crippen LogP contribution is -2.31. The summed E-state index contributed by atoms with van der Waals surface area (Å²) in [5.74, 6) is 0.750. The quantitative estimate of drug-likeness (QED) is 0.897. The second-order valence-electron chi connectivity index (χ2n) is 6.44. The number of hydrogen-bond donors (Lipinski definition) is 1. The first-order valence-electron chi connectivity index (χ1n) is 6.96. The molecular weight excluding hydrogens is 276 g/mol. The highest BCUT2D eigenvalue weighted by Crippen LogP contribution is 2.34. The SMILES string of the molecule is CC(C)(C)n1nc(N2CCCCC2)c(S(C)(=O)=O)c1N. The number of piperidine rings is 1. The van der Waals surface area contributed by atoms with Crippen LogP contribution in [0.3, 0.4) is 0 Å². The van der Waals surface area contributed by atoms with Crippen LogP contribution in [0.1, 0.15) is 40.0 Å². The Bertz CT molecular complexity index is 593. The van der Waals surface area contributed by atoms with Crippen molar-refractivity contribution in [2.45, 2.75) is 50.5 Å². The highest BCUT2D eigenvalue weighted by Gasteiger charge is 2.31. The van der Waals surface area contributed by atoms with E-state index in [1.807, 2.05) is 25.7 Å². The van der Waals surface area contributed by atoms with Crippen LogP contribution >= 0.6 is 0 Å². The van der Waals surface area contributed by atoms with E-state index in [0.29, 0.717) is 5.82 Å². The van der Waals surface area contributed by atoms with Crippen LogP contribution < -0.4 is 10.6 Å². The molecule has 1 aromatic rings. The lowest BCUT2D eigenvalue weighted by atomic mass is 10.1. The fourth-order valence-electron chi connectivity index (χ4n) is 2.58. The van der Waals surface area contributed by atoms with Gasteiger partial charge < -0.3 is 10.6 Å². The average Bonchev–Trinajstić information content (AvgIpc) is 2.67. The van der Waals surface area contributed by atoms with Gasteiger partial charge in [0.1, 0.15) is 5.82 Å². The second-order valence-corrected chi connectivity index (χ2v) is 8.39. The minimum absolute atomic E-state index is 0.175. The first-order chi connectivity index (χ1) is 9.12. The van der Waals surface area contributed by atoms with E-state index in [-0.39, 0.29) is 16.3 Å². The molecule has 0 radical (unpaired) electrons. The van der Waals surface area contributed by atoms with E-state index in [0.717, 1.165) is 25.9 Å². The Morgan fingerprint density at radius 1 is 1.15 bits per heavy atom. The van der Waals surface area contributed by atoms with Crippen molar-refractivity contribution in [3.05, 3.63) is 0 Å². The summed E-state index contributed by atoms with van der Waals surface area (Å²) in [6.45, 7) is 7.56. The van der Waals surface area contributed by atoms with Crippen LogP contribution in [-0.4, -0.2) is 37.5 Å². The van der Waals surface area contributed by atoms with Crippen molar-refractivity contribution in [1.29, 1.82) is 0 Å². The Balaban J connectivity index is 2.60. The molecule has 114 valence electrons. The molecule has 0 aromatic carbocycles. The van der Waals surface area contributed by atoms with E-state index in [9.17, 15) is 8.42 Å². The monoisotopic (exact) mass is 300 g/mol. The van der Waals surface area contributed by atoms with Crippen molar-refractivity contribution in [3.63, 3.8) is 0 Å². The van der Waals surface area contributed by atoms with Gasteiger partial charge in [-0.25, -0.2) is 13.1 Å². The minimum Gasteiger partial charge on any atom is -0.383 e. The summed E-state index contributed by atoms with van der Waals surface area (Å²) in [5, 5.41) is 4.51. The van der Waals surface area contributed by atoms with Crippen molar-refractivity contribution < 1.29 is 8.42 Å². The second kappa shape index (κ2) is 4.95. The summed E-state index contributed by atoms with van der Waals surface area (Å²) in [4.78, 5) is 2.22. The molecule has 1 saturated heterocycles. The van der Waals surface area contributed by atoms with E-state index in [2.05, 4.69) is 5.10 Å². The van der Waals surface area contributed by atoms with Crippen LogP contribution in [0.2, 0.25) is 0 Å². The number of hydrogen-bond acceptors (Lipinski definition) is 5. The fraction of sp³-hybridized carbons (Fsp3) is 0.769. The Labute approximate surface area is 120 Å². The van der Waals surface area contributed by atoms with Crippen molar-refractivity contribution in [2.24, 2.45) is 0 Å². The molecule has 0 bridgehead atoms. The molecule has 0 unspecified atom stereocenters. The lowest BCUT2D eigenvalue weighted by Gasteiger charge is -2.27. The standard InChI is InChI=1S/C13H24N4O2S/c1-13(2,3)17-11(14)10(20(4,18)19)12(15-17)16-8-6-5-7-9-16/h5-9,14H2,1-4H3. The molecule has 1 aliphatic heterocycles. The molecule has 20 heavy (non-hydrogen) atoms. The molecule has 7 heteroatoms. The van der Waals surface area contributed by atoms with Crippen molar-refractivity contribution >= 4 is 21.5 Å². The van der Waals surface area contributed by atoms with Gasteiger partial charge in [-0.2, -0.15) is 5.10 Å². The number of aromatic nitrogens is 2. The van der Waals surface area contributed by atoms with E-state index in [1.54, 1.807) is 4.68 Å². The van der Waals surface area contributed by atoms with Crippen molar-refractivity contribution in [3.8, 4) is 0 Å². The topological polar surface area (TPSA) is 81.2 Å². The van der Waals surface area contributed by atoms with Gasteiger partial charge in [-0.15, -0.1) is 0 Å². The predicted octanol–water partition coefficient (Wildman–Crippen LogP) is 1.61. The van der Waals surface area contributed by atoms with Gasteiger partial charge in [0, 0.05) is 19.3 Å². The summed E-state index contributed by atoms with van der Waals surface area (Å²) >= 11 is 0. The first kappa shape index (κ1) is 15.2. The molecule has 0 spiro atoms. The molecule has 0 atom stereocenters. The molecule has 1 fully saturated rings. The molecular formula is C13H24N4O2S. The van der Waals surface area contributed by atoms with E-state index in [4.69, 9.17) is 5.73 Å². The maximum atomic E-state index is 12.1. The Hall–Kier alpha value is -1.24. The smallest absolute Gasteiger partial charge is 0.182 e. The summed E-state index contributed by atoms with van der Waals surface area (Å²) in [6.07, 6.45) is 4.50. The maximum Gasteiger partial charge on any atom is 0.182 e. The zero-order valence-corrected chi connectivity index (χ0v) is 13.5. The van der Waals surface area contributed by atoms with Crippen LogP contribution in [0.25, 0.3) is 0 Å². The highest BCUT2D eigenvalue weighted by atomic mass is 32.2. The van der Waals surface area contributed by atoms with Crippen LogP contribution in [0.5, 0.6) is 0 Å². The van der Waals surface area contributed by atoms with E-state index < -0.39 is 9.84 Å². The Morgan fingerprint density at radius 2 is 1.70 bits per heavy atom. The van der Waals surface area contributed by atoms with Crippen LogP contribution in [-0.2, 0) is 15.4 Å². The highest BCUT2D eigenvalue weighted by molar-refractivity contribution is 7.91. The number of rotatable bonds is 2. The average molecular weight is 300 g/mol. The molecule has 6 nitrogen and oxygen atoms in total. The largest absolute Gasteiger partial charge is 0.383 e. The van der Waals surface area contributed by atoms with Crippen molar-refractivity contribution in [1.82, 2.24) is 9.78 Å². The first-order valence-corrected chi connectivity index (χ1v) is 8.85. The molecule has 1 aromatic heterocycles. The molecule has 1 aliphatic rings. The van der Waals surface area contributed by atoms with Gasteiger partial charge in [-0.3, -0.25) is 0 Å². The van der Waals surface area contributed by atoms with E-state index >= 15 is 0 Å². The van der Waals surface area contributed by atoms with Gasteiger partial charge in [-0.1, -0.05) is 0 Å². The fourth-order valence-corrected chi connectivity index (χ4v) is 3.55. The number of nitrogens with two attached hydrogens (primary N) is 1. The molecule has 2 N–H and O–H groups in total. The van der Waals surface area contributed by atoms with Crippen molar-refractivity contribution in [2.75, 3.05) is 30.0 Å². The summed E-state index contributed by atoms with van der Waals surface area (Å²) < 4.78 is 25.8. The number of anilines is 2. The van der Waals surface area contributed by atoms with Crippen LogP contribution in [0.15, 0.2) is 4.90 Å². The van der Waals surface area contributed by atoms with Gasteiger partial charge in [0.05, 0.1) is 5.54 Å². The van der Waals surface area contributed by atoms with Gasteiger partial charge in [-0.05, 0) is 40.0 Å². The zero-order valence-electron chi connectivity index (χ0n) is 12.7. The molecule has 2 heterocycles. The minimum atomic E-state index is -3.40. The molecule has 0 saturated carbocycles. The van der Waals surface area contributed by atoms with E-state index in [1.165, 1.54) is 12.7 Å². The lowest BCUT2D eigenvalue weighted by molar-refractivity contribution is 0.360. The van der Waals surface area contributed by atoms with Gasteiger partial charge in [0.15, 0.2) is 20.6 Å². The van der Waals surface area contributed by atoms with Crippen LogP contribution in [0, 0.1) is 0 Å². The molecule has 2 rings (SSSR count). The third kappa shape index (κ3) is 2.77. The zero-order chi connectivity index (χ0) is 15.1. The third-order valence-corrected chi connectivity index (χ3v) is 4.65. The van der Waals surface area contributed by atoms with Gasteiger partial charge >= 0.3 is 0 Å². The number of sulfone groups is 1. The van der Waals surface area contributed by atoms with Gasteiger partial charge in [0.25, 0.3) is 0 Å². The summed E-state index contributed by atoms with van der Waals surface area (Å²) in [5.41, 5.74) is 5.73. The predicted molar refractivity (Wildman–Crippen MR) is 80.8 cm³/mol. The van der Waals surface area contributed by atoms with Crippen LogP contribution in [0.4, 0.5) is 11.6 Å². The van der Waals surface area contributed by atoms with Gasteiger partial charge in [0.2, 0.25) is 0 Å². The molecule has 0 aliphatic carbocycles. The number of nitrogens with zero attached hydrogens (tertiary/aromatic N) is 3. The maximum absolute atomic E-state index is 12.1.